The van der Waals surface area contributed by atoms with Gasteiger partial charge < -0.3 is 5.32 Å². The molecule has 1 saturated carbocycles. The van der Waals surface area contributed by atoms with E-state index in [-0.39, 0.29) is 17.1 Å². The van der Waals surface area contributed by atoms with Gasteiger partial charge in [0.25, 0.3) is 5.91 Å². The molecule has 0 atom stereocenters. The van der Waals surface area contributed by atoms with Crippen LogP contribution in [0.2, 0.25) is 5.15 Å². The van der Waals surface area contributed by atoms with Crippen molar-refractivity contribution in [2.75, 3.05) is 0 Å². The van der Waals surface area contributed by atoms with Crippen LogP contribution in [0.3, 0.4) is 0 Å². The van der Waals surface area contributed by atoms with E-state index in [0.29, 0.717) is 11.0 Å². The summed E-state index contributed by atoms with van der Waals surface area (Å²) in [5.41, 5.74) is 0.828. The lowest BCUT2D eigenvalue weighted by atomic mass is 9.71. The summed E-state index contributed by atoms with van der Waals surface area (Å²) in [5.74, 6) is 0.639. The average Bonchev–Trinajstić information content (AvgIpc) is 2.38. The number of carbonyl (C=O) groups excluding carboxylic acids is 1. The summed E-state index contributed by atoms with van der Waals surface area (Å²) in [6.45, 7) is 6.89. The monoisotopic (exact) mass is 294 g/mol. The smallest absolute Gasteiger partial charge is 0.254 e. The summed E-state index contributed by atoms with van der Waals surface area (Å²) >= 11 is 5.95. The van der Waals surface area contributed by atoms with Crippen molar-refractivity contribution < 1.29 is 4.79 Å². The molecule has 1 fully saturated rings. The molecule has 0 saturated heterocycles. The number of nitrogens with zero attached hydrogens (tertiary/aromatic N) is 1. The zero-order valence-corrected chi connectivity index (χ0v) is 13.2. The Hall–Kier alpha value is -1.09. The van der Waals surface area contributed by atoms with Crippen LogP contribution in [-0.2, 0) is 0 Å². The van der Waals surface area contributed by atoms with Crippen LogP contribution in [0.15, 0.2) is 18.3 Å². The number of amides is 1. The van der Waals surface area contributed by atoms with E-state index in [1.54, 1.807) is 18.3 Å². The highest BCUT2D eigenvalue weighted by molar-refractivity contribution is 6.32. The van der Waals surface area contributed by atoms with Gasteiger partial charge in [-0.05, 0) is 49.1 Å². The van der Waals surface area contributed by atoms with E-state index < -0.39 is 0 Å². The summed E-state index contributed by atoms with van der Waals surface area (Å²) in [6.07, 6.45) is 6.04. The second-order valence-corrected chi connectivity index (χ2v) is 7.09. The van der Waals surface area contributed by atoms with Crippen LogP contribution in [0.5, 0.6) is 0 Å². The Labute approximate surface area is 126 Å². The predicted octanol–water partition coefficient (Wildman–Crippen LogP) is 4.07. The molecule has 1 amide bonds. The minimum atomic E-state index is -0.109. The molecule has 4 heteroatoms. The maximum atomic E-state index is 12.2. The molecule has 1 N–H and O–H groups in total. The number of pyridine rings is 1. The van der Waals surface area contributed by atoms with Crippen LogP contribution in [0.25, 0.3) is 0 Å². The van der Waals surface area contributed by atoms with Crippen molar-refractivity contribution in [1.82, 2.24) is 10.3 Å². The maximum absolute atomic E-state index is 12.2. The molecule has 1 aliphatic rings. The standard InChI is InChI=1S/C16H23ClN2O/c1-16(2,3)11-6-8-12(9-7-11)19-15(20)13-5-4-10-18-14(13)17/h4-5,10-12H,6-9H2,1-3H3,(H,19,20)/t11-,12-. The molecule has 0 bridgehead atoms. The minimum Gasteiger partial charge on any atom is -0.349 e. The van der Waals surface area contributed by atoms with Gasteiger partial charge in [-0.2, -0.15) is 0 Å². The average molecular weight is 295 g/mol. The van der Waals surface area contributed by atoms with Crippen molar-refractivity contribution in [3.8, 4) is 0 Å². The maximum Gasteiger partial charge on any atom is 0.254 e. The molecule has 1 aliphatic carbocycles. The number of aromatic nitrogens is 1. The molecule has 2 rings (SSSR count). The quantitative estimate of drug-likeness (QED) is 0.836. The van der Waals surface area contributed by atoms with Gasteiger partial charge in [-0.1, -0.05) is 32.4 Å². The number of hydrogen-bond donors (Lipinski definition) is 1. The van der Waals surface area contributed by atoms with Crippen LogP contribution in [0, 0.1) is 11.3 Å². The Morgan fingerprint density at radius 2 is 1.95 bits per heavy atom. The van der Waals surface area contributed by atoms with E-state index in [1.807, 2.05) is 0 Å². The van der Waals surface area contributed by atoms with Crippen molar-refractivity contribution in [3.63, 3.8) is 0 Å². The summed E-state index contributed by atoms with van der Waals surface area (Å²) < 4.78 is 0. The van der Waals surface area contributed by atoms with E-state index in [2.05, 4.69) is 31.1 Å². The summed E-state index contributed by atoms with van der Waals surface area (Å²) in [6, 6.07) is 3.71. The fourth-order valence-electron chi connectivity index (χ4n) is 2.92. The molecule has 0 unspecified atom stereocenters. The Morgan fingerprint density at radius 1 is 1.30 bits per heavy atom. The lowest BCUT2D eigenvalue weighted by Gasteiger charge is -2.37. The van der Waals surface area contributed by atoms with Crippen LogP contribution >= 0.6 is 11.6 Å². The molecular formula is C16H23ClN2O. The second kappa shape index (κ2) is 6.13. The molecule has 0 aliphatic heterocycles. The molecular weight excluding hydrogens is 272 g/mol. The van der Waals surface area contributed by atoms with Gasteiger partial charge in [-0.25, -0.2) is 4.98 Å². The molecule has 1 aromatic heterocycles. The van der Waals surface area contributed by atoms with Crippen molar-refractivity contribution in [2.45, 2.75) is 52.5 Å². The van der Waals surface area contributed by atoms with E-state index in [0.717, 1.165) is 18.8 Å². The third kappa shape index (κ3) is 3.72. The van der Waals surface area contributed by atoms with Gasteiger partial charge in [0.2, 0.25) is 0 Å². The zero-order valence-electron chi connectivity index (χ0n) is 12.4. The Balaban J connectivity index is 1.90. The molecule has 0 aromatic carbocycles. The van der Waals surface area contributed by atoms with Gasteiger partial charge in [0, 0.05) is 12.2 Å². The predicted molar refractivity (Wildman–Crippen MR) is 81.9 cm³/mol. The minimum absolute atomic E-state index is 0.109. The lowest BCUT2D eigenvalue weighted by molar-refractivity contribution is 0.0904. The highest BCUT2D eigenvalue weighted by Gasteiger charge is 2.30. The molecule has 1 heterocycles. The van der Waals surface area contributed by atoms with Crippen LogP contribution in [0.4, 0.5) is 0 Å². The molecule has 0 radical (unpaired) electrons. The van der Waals surface area contributed by atoms with Gasteiger partial charge in [-0.3, -0.25) is 4.79 Å². The van der Waals surface area contributed by atoms with E-state index in [1.165, 1.54) is 12.8 Å². The highest BCUT2D eigenvalue weighted by Crippen LogP contribution is 2.37. The van der Waals surface area contributed by atoms with Crippen molar-refractivity contribution >= 4 is 17.5 Å². The lowest BCUT2D eigenvalue weighted by Crippen LogP contribution is -2.39. The topological polar surface area (TPSA) is 42.0 Å². The summed E-state index contributed by atoms with van der Waals surface area (Å²) in [4.78, 5) is 16.1. The molecule has 0 spiro atoms. The second-order valence-electron chi connectivity index (χ2n) is 6.73. The fraction of sp³-hybridized carbons (Fsp3) is 0.625. The Kier molecular flexibility index (Phi) is 4.69. The first-order chi connectivity index (χ1) is 9.38. The Bertz CT molecular complexity index is 474. The molecule has 20 heavy (non-hydrogen) atoms. The first-order valence-electron chi connectivity index (χ1n) is 7.29. The number of nitrogens with one attached hydrogen (secondary N) is 1. The first kappa shape index (κ1) is 15.3. The summed E-state index contributed by atoms with van der Waals surface area (Å²) in [5, 5.41) is 3.36. The third-order valence-electron chi connectivity index (χ3n) is 4.29. The third-order valence-corrected chi connectivity index (χ3v) is 4.59. The van der Waals surface area contributed by atoms with Crippen LogP contribution in [0.1, 0.15) is 56.8 Å². The first-order valence-corrected chi connectivity index (χ1v) is 7.67. The number of carbonyl (C=O) groups is 1. The van der Waals surface area contributed by atoms with E-state index >= 15 is 0 Å². The molecule has 110 valence electrons. The van der Waals surface area contributed by atoms with Gasteiger partial charge in [0.1, 0.15) is 5.15 Å². The van der Waals surface area contributed by atoms with Crippen molar-refractivity contribution in [2.24, 2.45) is 11.3 Å². The molecule has 3 nitrogen and oxygen atoms in total. The van der Waals surface area contributed by atoms with Crippen LogP contribution in [-0.4, -0.2) is 16.9 Å². The molecule has 1 aromatic rings. The number of rotatable bonds is 2. The Morgan fingerprint density at radius 3 is 2.50 bits per heavy atom. The van der Waals surface area contributed by atoms with Gasteiger partial charge in [0.15, 0.2) is 0 Å². The summed E-state index contributed by atoms with van der Waals surface area (Å²) in [7, 11) is 0. The largest absolute Gasteiger partial charge is 0.349 e. The van der Waals surface area contributed by atoms with Gasteiger partial charge >= 0.3 is 0 Å². The van der Waals surface area contributed by atoms with Gasteiger partial charge in [0.05, 0.1) is 5.56 Å². The van der Waals surface area contributed by atoms with E-state index in [9.17, 15) is 4.79 Å². The number of hydrogen-bond acceptors (Lipinski definition) is 2. The highest BCUT2D eigenvalue weighted by atomic mass is 35.5. The fourth-order valence-corrected chi connectivity index (χ4v) is 3.13. The van der Waals surface area contributed by atoms with E-state index in [4.69, 9.17) is 11.6 Å². The SMILES string of the molecule is CC(C)(C)[C@H]1CC[C@H](NC(=O)c2cccnc2Cl)CC1. The van der Waals surface area contributed by atoms with Crippen molar-refractivity contribution in [1.29, 1.82) is 0 Å². The van der Waals surface area contributed by atoms with Gasteiger partial charge in [-0.15, -0.1) is 0 Å². The zero-order chi connectivity index (χ0) is 14.8. The van der Waals surface area contributed by atoms with Crippen molar-refractivity contribution in [3.05, 3.63) is 29.0 Å². The van der Waals surface area contributed by atoms with Crippen LogP contribution < -0.4 is 5.32 Å². The normalized spacial score (nSPS) is 23.4. The number of halogens is 1.